The molecule has 218 valence electrons. The Balaban J connectivity index is 1.99. The second-order valence-corrected chi connectivity index (χ2v) is 10.7. The average molecular weight is 670 g/mol. The molecular weight excluding hydrogens is 635 g/mol. The highest BCUT2D eigenvalue weighted by atomic mass is 127. The van der Waals surface area contributed by atoms with E-state index in [0.29, 0.717) is 32.6 Å². The normalized spacial score (nSPS) is 18.6. The molecule has 3 atom stereocenters. The molecule has 0 spiro atoms. The first-order valence-electron chi connectivity index (χ1n) is 12.9. The maximum absolute atomic E-state index is 13.5. The van der Waals surface area contributed by atoms with Crippen LogP contribution in [-0.2, 0) is 27.5 Å². The second kappa shape index (κ2) is 15.2. The molecule has 2 amide bonds. The molecule has 0 saturated heterocycles. The molecule has 1 aliphatic carbocycles. The van der Waals surface area contributed by atoms with Crippen molar-refractivity contribution >= 4 is 40.2 Å². The van der Waals surface area contributed by atoms with Crippen molar-refractivity contribution in [3.8, 4) is 11.5 Å². The summed E-state index contributed by atoms with van der Waals surface area (Å²) in [7, 11) is 1.45. The van der Waals surface area contributed by atoms with Gasteiger partial charge in [0.25, 0.3) is 0 Å². The fraction of sp³-hybridized carbons (Fsp3) is 0.464. The fourth-order valence-corrected chi connectivity index (χ4v) is 5.29. The zero-order chi connectivity index (χ0) is 29.2. The van der Waals surface area contributed by atoms with Gasteiger partial charge in [0.15, 0.2) is 11.5 Å². The van der Waals surface area contributed by atoms with Crippen LogP contribution in [0.15, 0.2) is 46.8 Å². The highest BCUT2D eigenvalue weighted by molar-refractivity contribution is 14.1. The largest absolute Gasteiger partial charge is 0.493 e. The van der Waals surface area contributed by atoms with E-state index < -0.39 is 24.2 Å². The number of nitrogens with one attached hydrogen (secondary N) is 1. The zero-order valence-corrected chi connectivity index (χ0v) is 24.6. The second-order valence-electron chi connectivity index (χ2n) is 9.49. The quantitative estimate of drug-likeness (QED) is 0.221. The first-order valence-corrected chi connectivity index (χ1v) is 14.0. The lowest BCUT2D eigenvalue weighted by Gasteiger charge is -2.40. The minimum Gasteiger partial charge on any atom is -0.493 e. The summed E-state index contributed by atoms with van der Waals surface area (Å²) < 4.78 is 17.5. The Labute approximate surface area is 246 Å². The van der Waals surface area contributed by atoms with E-state index >= 15 is 0 Å². The van der Waals surface area contributed by atoms with Gasteiger partial charge in [-0.25, -0.2) is 0 Å². The van der Waals surface area contributed by atoms with E-state index in [-0.39, 0.29) is 62.8 Å². The predicted octanol–water partition coefficient (Wildman–Crippen LogP) is 2.09. The summed E-state index contributed by atoms with van der Waals surface area (Å²) in [5.41, 5.74) is 1.59. The highest BCUT2D eigenvalue weighted by Gasteiger charge is 2.41. The van der Waals surface area contributed by atoms with Gasteiger partial charge in [-0.3, -0.25) is 9.59 Å². The standard InChI is InChI=1S/C28H35IN2O9/c1-17(34)4-3-5-25(35)31(14-18-6-9-39-16-18)22-12-20(28(37)30-7-8-32)13-23(26(22)36)40-27-21(29)10-19(15-33)11-24(27)38-2/h6,9-11,13,16,22-23,26,32-33,36H,3-5,7-8,12,14-15H2,1-2H3,(H,30,37). The average Bonchev–Trinajstić information content (AvgIpc) is 3.45. The number of Topliss-reactive ketones (excluding diaryl/α,β-unsaturated/α-hetero) is 1. The number of halogens is 1. The van der Waals surface area contributed by atoms with Crippen LogP contribution < -0.4 is 14.8 Å². The summed E-state index contributed by atoms with van der Waals surface area (Å²) >= 11 is 2.03. The van der Waals surface area contributed by atoms with Crippen LogP contribution in [0.1, 0.15) is 43.7 Å². The molecule has 3 rings (SSSR count). The minimum absolute atomic E-state index is 0.0260. The number of hydrogen-bond donors (Lipinski definition) is 4. The SMILES string of the molecule is COc1cc(CO)cc(I)c1OC1C=C(C(=O)NCCO)CC(N(Cc2ccoc2)C(=O)CCCC(C)=O)C1O. The predicted molar refractivity (Wildman–Crippen MR) is 152 cm³/mol. The van der Waals surface area contributed by atoms with Gasteiger partial charge in [-0.1, -0.05) is 0 Å². The number of rotatable bonds is 14. The van der Waals surface area contributed by atoms with Gasteiger partial charge in [0.1, 0.15) is 18.0 Å². The van der Waals surface area contributed by atoms with Crippen molar-refractivity contribution in [1.82, 2.24) is 10.2 Å². The van der Waals surface area contributed by atoms with Crippen molar-refractivity contribution in [3.63, 3.8) is 0 Å². The molecule has 40 heavy (non-hydrogen) atoms. The number of ether oxygens (including phenoxy) is 2. The van der Waals surface area contributed by atoms with Gasteiger partial charge in [0.05, 0.1) is 42.5 Å². The van der Waals surface area contributed by atoms with Gasteiger partial charge in [0.2, 0.25) is 11.8 Å². The molecule has 11 nitrogen and oxygen atoms in total. The Morgan fingerprint density at radius 2 is 1.98 bits per heavy atom. The van der Waals surface area contributed by atoms with Gasteiger partial charge >= 0.3 is 0 Å². The van der Waals surface area contributed by atoms with Crippen LogP contribution in [0.25, 0.3) is 0 Å². The number of furan rings is 1. The van der Waals surface area contributed by atoms with E-state index in [2.05, 4.69) is 5.32 Å². The van der Waals surface area contributed by atoms with Crippen molar-refractivity contribution in [1.29, 1.82) is 0 Å². The molecule has 0 fully saturated rings. The molecule has 0 radical (unpaired) electrons. The smallest absolute Gasteiger partial charge is 0.247 e. The molecule has 4 N–H and O–H groups in total. The Bertz CT molecular complexity index is 1200. The molecule has 1 heterocycles. The number of nitrogens with zero attached hydrogens (tertiary/aromatic N) is 1. The summed E-state index contributed by atoms with van der Waals surface area (Å²) in [6, 6.07) is 4.18. The number of amides is 2. The maximum atomic E-state index is 13.5. The number of methoxy groups -OCH3 is 1. The first-order chi connectivity index (χ1) is 19.2. The highest BCUT2D eigenvalue weighted by Crippen LogP contribution is 2.37. The lowest BCUT2D eigenvalue weighted by atomic mass is 9.87. The Morgan fingerprint density at radius 1 is 1.20 bits per heavy atom. The number of benzene rings is 1. The molecule has 3 unspecified atom stereocenters. The molecule has 1 aromatic heterocycles. The van der Waals surface area contributed by atoms with Gasteiger partial charge in [-0.2, -0.15) is 0 Å². The summed E-state index contributed by atoms with van der Waals surface area (Å²) in [4.78, 5) is 39.4. The van der Waals surface area contributed by atoms with Crippen LogP contribution in [-0.4, -0.2) is 76.3 Å². The van der Waals surface area contributed by atoms with E-state index in [1.807, 2.05) is 22.6 Å². The van der Waals surface area contributed by atoms with E-state index in [0.717, 1.165) is 0 Å². The van der Waals surface area contributed by atoms with Crippen LogP contribution in [0, 0.1) is 3.57 Å². The third-order valence-corrected chi connectivity index (χ3v) is 7.31. The van der Waals surface area contributed by atoms with Crippen molar-refractivity contribution < 1.29 is 43.6 Å². The maximum Gasteiger partial charge on any atom is 0.247 e. The van der Waals surface area contributed by atoms with Crippen molar-refractivity contribution in [2.75, 3.05) is 20.3 Å². The van der Waals surface area contributed by atoms with Crippen molar-refractivity contribution in [2.24, 2.45) is 0 Å². The van der Waals surface area contributed by atoms with Gasteiger partial charge < -0.3 is 44.2 Å². The lowest BCUT2D eigenvalue weighted by molar-refractivity contribution is -0.139. The molecular formula is C28H35IN2O9. The third-order valence-electron chi connectivity index (χ3n) is 6.51. The van der Waals surface area contributed by atoms with Crippen LogP contribution >= 0.6 is 22.6 Å². The van der Waals surface area contributed by atoms with Crippen molar-refractivity contribution in [2.45, 2.75) is 64.0 Å². The summed E-state index contributed by atoms with van der Waals surface area (Å²) in [5, 5.41) is 33.0. The van der Waals surface area contributed by atoms with Crippen LogP contribution in [0.5, 0.6) is 11.5 Å². The van der Waals surface area contributed by atoms with Crippen LogP contribution in [0.3, 0.4) is 0 Å². The van der Waals surface area contributed by atoms with Gasteiger partial charge in [-0.05, 0) is 65.8 Å². The fourth-order valence-electron chi connectivity index (χ4n) is 4.50. The summed E-state index contributed by atoms with van der Waals surface area (Å²) in [6.45, 7) is 1.15. The Kier molecular flexibility index (Phi) is 12.0. The van der Waals surface area contributed by atoms with E-state index in [9.17, 15) is 29.7 Å². The molecule has 0 bridgehead atoms. The number of ketones is 1. The number of hydrogen-bond acceptors (Lipinski definition) is 9. The molecule has 1 aliphatic rings. The van der Waals surface area contributed by atoms with Crippen LogP contribution in [0.4, 0.5) is 0 Å². The number of aliphatic hydroxyl groups excluding tert-OH is 3. The summed E-state index contributed by atoms with van der Waals surface area (Å²) in [6.07, 6.45) is 2.92. The Morgan fingerprint density at radius 3 is 2.60 bits per heavy atom. The first kappa shape index (κ1) is 31.6. The number of carbonyl (C=O) groups is 3. The van der Waals surface area contributed by atoms with Crippen molar-refractivity contribution in [3.05, 3.63) is 57.1 Å². The molecule has 1 aromatic carbocycles. The van der Waals surface area contributed by atoms with Gasteiger partial charge in [-0.15, -0.1) is 0 Å². The van der Waals surface area contributed by atoms with E-state index in [4.69, 9.17) is 13.9 Å². The zero-order valence-electron chi connectivity index (χ0n) is 22.5. The molecule has 12 heteroatoms. The molecule has 0 saturated carbocycles. The number of aliphatic hydroxyl groups is 3. The third kappa shape index (κ3) is 8.29. The topological polar surface area (TPSA) is 159 Å². The minimum atomic E-state index is -1.24. The number of carbonyl (C=O) groups excluding carboxylic acids is 3. The van der Waals surface area contributed by atoms with E-state index in [1.54, 1.807) is 18.2 Å². The monoisotopic (exact) mass is 670 g/mol. The van der Waals surface area contributed by atoms with Crippen LogP contribution in [0.2, 0.25) is 0 Å². The Hall–Kier alpha value is -2.94. The van der Waals surface area contributed by atoms with Gasteiger partial charge in [0, 0.05) is 43.5 Å². The van der Waals surface area contributed by atoms with E-state index in [1.165, 1.54) is 37.5 Å². The molecule has 0 aliphatic heterocycles. The summed E-state index contributed by atoms with van der Waals surface area (Å²) in [5.74, 6) is -0.126. The molecule has 2 aromatic rings. The lowest BCUT2D eigenvalue weighted by Crippen LogP contribution is -2.54.